The summed E-state index contributed by atoms with van der Waals surface area (Å²) in [5.74, 6) is -2.12. The average Bonchev–Trinajstić information content (AvgIpc) is 2.24. The van der Waals surface area contributed by atoms with Crippen molar-refractivity contribution in [1.82, 2.24) is 0 Å². The maximum Gasteiger partial charge on any atom is 0.421 e. The first-order chi connectivity index (χ1) is 7.81. The van der Waals surface area contributed by atoms with Crippen LogP contribution in [-0.2, 0) is 10.9 Å². The number of ether oxygens (including phenoxy) is 1. The normalized spacial score (nSPS) is 10.8. The SMILES string of the molecule is COC(=O)c1cc(O)c(C(F)(F)F)c(C#N)c1. The Bertz CT molecular complexity index is 503. The molecule has 90 valence electrons. The summed E-state index contributed by atoms with van der Waals surface area (Å²) in [6.07, 6.45) is -4.87. The van der Waals surface area contributed by atoms with Crippen molar-refractivity contribution in [1.29, 1.82) is 5.26 Å². The van der Waals surface area contributed by atoms with Crippen molar-refractivity contribution in [3.05, 3.63) is 28.8 Å². The lowest BCUT2D eigenvalue weighted by Crippen LogP contribution is -2.10. The van der Waals surface area contributed by atoms with Crippen LogP contribution in [0.1, 0.15) is 21.5 Å². The molecule has 0 heterocycles. The summed E-state index contributed by atoms with van der Waals surface area (Å²) in [6, 6.07) is 2.60. The highest BCUT2D eigenvalue weighted by molar-refractivity contribution is 5.90. The van der Waals surface area contributed by atoms with E-state index in [2.05, 4.69) is 4.74 Å². The van der Waals surface area contributed by atoms with Crippen molar-refractivity contribution in [2.45, 2.75) is 6.18 Å². The van der Waals surface area contributed by atoms with Gasteiger partial charge in [-0.25, -0.2) is 4.79 Å². The molecule has 4 nitrogen and oxygen atoms in total. The van der Waals surface area contributed by atoms with E-state index in [1.165, 1.54) is 6.07 Å². The summed E-state index contributed by atoms with van der Waals surface area (Å²) >= 11 is 0. The van der Waals surface area contributed by atoms with Gasteiger partial charge in [-0.3, -0.25) is 0 Å². The van der Waals surface area contributed by atoms with Crippen molar-refractivity contribution in [2.24, 2.45) is 0 Å². The van der Waals surface area contributed by atoms with E-state index in [1.54, 1.807) is 0 Å². The van der Waals surface area contributed by atoms with Gasteiger partial charge >= 0.3 is 12.1 Å². The lowest BCUT2D eigenvalue weighted by molar-refractivity contribution is -0.139. The van der Waals surface area contributed by atoms with E-state index >= 15 is 0 Å². The van der Waals surface area contributed by atoms with Crippen LogP contribution < -0.4 is 0 Å². The minimum Gasteiger partial charge on any atom is -0.507 e. The van der Waals surface area contributed by atoms with E-state index in [0.717, 1.165) is 7.11 Å². The first-order valence-electron chi connectivity index (χ1n) is 4.24. The summed E-state index contributed by atoms with van der Waals surface area (Å²) in [7, 11) is 1.03. The first-order valence-corrected chi connectivity index (χ1v) is 4.24. The third-order valence-corrected chi connectivity index (χ3v) is 1.94. The molecule has 0 unspecified atom stereocenters. The number of phenols is 1. The monoisotopic (exact) mass is 245 g/mol. The van der Waals surface area contributed by atoms with Crippen molar-refractivity contribution in [3.8, 4) is 11.8 Å². The largest absolute Gasteiger partial charge is 0.507 e. The number of benzene rings is 1. The standard InChI is InChI=1S/C10H6F3NO3/c1-17-9(16)5-2-6(4-14)8(7(15)3-5)10(11,12)13/h2-3,15H,1H3. The second-order valence-electron chi connectivity index (χ2n) is 3.02. The van der Waals surface area contributed by atoms with Crippen LogP contribution in [0.15, 0.2) is 12.1 Å². The molecule has 0 aromatic heterocycles. The molecule has 1 aromatic carbocycles. The van der Waals surface area contributed by atoms with E-state index in [4.69, 9.17) is 5.26 Å². The highest BCUT2D eigenvalue weighted by atomic mass is 19.4. The second kappa shape index (κ2) is 4.33. The number of rotatable bonds is 1. The third kappa shape index (κ3) is 2.47. The second-order valence-corrected chi connectivity index (χ2v) is 3.02. The van der Waals surface area contributed by atoms with Gasteiger partial charge in [-0.05, 0) is 12.1 Å². The zero-order valence-corrected chi connectivity index (χ0v) is 8.50. The van der Waals surface area contributed by atoms with Gasteiger partial charge in [0.05, 0.1) is 24.3 Å². The Morgan fingerprint density at radius 2 is 2.06 bits per heavy atom. The molecule has 0 spiro atoms. The molecule has 0 atom stereocenters. The minimum absolute atomic E-state index is 0.324. The topological polar surface area (TPSA) is 70.3 Å². The Kier molecular flexibility index (Phi) is 3.27. The number of methoxy groups -OCH3 is 1. The van der Waals surface area contributed by atoms with E-state index in [9.17, 15) is 23.1 Å². The number of phenolic OH excluding ortho intramolecular Hbond substituents is 1. The van der Waals surface area contributed by atoms with Crippen LogP contribution in [0, 0.1) is 11.3 Å². The molecule has 1 N–H and O–H groups in total. The predicted octanol–water partition coefficient (Wildman–Crippen LogP) is 2.07. The smallest absolute Gasteiger partial charge is 0.421 e. The molecule has 0 radical (unpaired) electrons. The number of esters is 1. The lowest BCUT2D eigenvalue weighted by Gasteiger charge is -2.11. The summed E-state index contributed by atoms with van der Waals surface area (Å²) in [5, 5.41) is 17.8. The van der Waals surface area contributed by atoms with Crippen molar-refractivity contribution < 1.29 is 27.8 Å². The van der Waals surface area contributed by atoms with E-state index in [0.29, 0.717) is 12.1 Å². The highest BCUT2D eigenvalue weighted by Gasteiger charge is 2.37. The molecule has 1 aromatic rings. The van der Waals surface area contributed by atoms with Crippen LogP contribution in [-0.4, -0.2) is 18.2 Å². The lowest BCUT2D eigenvalue weighted by atomic mass is 10.0. The van der Waals surface area contributed by atoms with E-state index in [-0.39, 0.29) is 5.56 Å². The zero-order valence-electron chi connectivity index (χ0n) is 8.50. The molecule has 0 aliphatic rings. The summed E-state index contributed by atoms with van der Waals surface area (Å²) in [6.45, 7) is 0. The van der Waals surface area contributed by atoms with Gasteiger partial charge in [0.1, 0.15) is 11.3 Å². The molecular formula is C10H6F3NO3. The highest BCUT2D eigenvalue weighted by Crippen LogP contribution is 2.38. The number of nitriles is 1. The van der Waals surface area contributed by atoms with Gasteiger partial charge in [-0.2, -0.15) is 18.4 Å². The van der Waals surface area contributed by atoms with Gasteiger partial charge in [-0.15, -0.1) is 0 Å². The van der Waals surface area contributed by atoms with Crippen molar-refractivity contribution >= 4 is 5.97 Å². The van der Waals surface area contributed by atoms with Gasteiger partial charge in [0.2, 0.25) is 0 Å². The number of aromatic hydroxyl groups is 1. The summed E-state index contributed by atoms with van der Waals surface area (Å²) in [5.41, 5.74) is -2.62. The van der Waals surface area contributed by atoms with Gasteiger partial charge in [0.15, 0.2) is 0 Å². The molecule has 0 fully saturated rings. The molecule has 0 saturated heterocycles. The van der Waals surface area contributed by atoms with Gasteiger partial charge in [-0.1, -0.05) is 0 Å². The number of nitrogens with zero attached hydrogens (tertiary/aromatic N) is 1. The summed E-state index contributed by atoms with van der Waals surface area (Å²) < 4.78 is 41.7. The maximum absolute atomic E-state index is 12.5. The molecule has 0 bridgehead atoms. The fourth-order valence-corrected chi connectivity index (χ4v) is 1.25. The summed E-state index contributed by atoms with van der Waals surface area (Å²) in [4.78, 5) is 11.1. The number of hydrogen-bond donors (Lipinski definition) is 1. The van der Waals surface area contributed by atoms with E-state index in [1.807, 2.05) is 0 Å². The van der Waals surface area contributed by atoms with Crippen LogP contribution in [0.3, 0.4) is 0 Å². The Labute approximate surface area is 93.8 Å². The number of alkyl halides is 3. The molecule has 0 saturated carbocycles. The zero-order chi connectivity index (χ0) is 13.2. The van der Waals surface area contributed by atoms with Gasteiger partial charge in [0.25, 0.3) is 0 Å². The number of hydrogen-bond acceptors (Lipinski definition) is 4. The fraction of sp³-hybridized carbons (Fsp3) is 0.200. The number of halogens is 3. The minimum atomic E-state index is -4.87. The Balaban J connectivity index is 3.48. The molecule has 0 aliphatic heterocycles. The molecule has 1 rings (SSSR count). The van der Waals surface area contributed by atoms with Crippen LogP contribution >= 0.6 is 0 Å². The molecular weight excluding hydrogens is 239 g/mol. The third-order valence-electron chi connectivity index (χ3n) is 1.94. The predicted molar refractivity (Wildman–Crippen MR) is 49.2 cm³/mol. The average molecular weight is 245 g/mol. The maximum atomic E-state index is 12.5. The van der Waals surface area contributed by atoms with Crippen LogP contribution in [0.5, 0.6) is 5.75 Å². The van der Waals surface area contributed by atoms with Gasteiger partial charge < -0.3 is 9.84 Å². The quantitative estimate of drug-likeness (QED) is 0.769. The fourth-order valence-electron chi connectivity index (χ4n) is 1.25. The van der Waals surface area contributed by atoms with Crippen molar-refractivity contribution in [3.63, 3.8) is 0 Å². The van der Waals surface area contributed by atoms with Gasteiger partial charge in [0, 0.05) is 0 Å². The van der Waals surface area contributed by atoms with E-state index < -0.39 is 29.0 Å². The molecule has 0 aliphatic carbocycles. The van der Waals surface area contributed by atoms with Crippen molar-refractivity contribution in [2.75, 3.05) is 7.11 Å². The van der Waals surface area contributed by atoms with Crippen LogP contribution in [0.4, 0.5) is 13.2 Å². The molecule has 0 amide bonds. The Hall–Kier alpha value is -2.23. The molecule has 7 heteroatoms. The first kappa shape index (κ1) is 12.8. The van der Waals surface area contributed by atoms with Crippen LogP contribution in [0.25, 0.3) is 0 Å². The Morgan fingerprint density at radius 1 is 1.47 bits per heavy atom. The van der Waals surface area contributed by atoms with Crippen LogP contribution in [0.2, 0.25) is 0 Å². The number of carbonyl (C=O) groups is 1. The Morgan fingerprint density at radius 3 is 2.47 bits per heavy atom. The number of carbonyl (C=O) groups excluding carboxylic acids is 1. The molecule has 17 heavy (non-hydrogen) atoms.